The van der Waals surface area contributed by atoms with Crippen molar-refractivity contribution in [2.45, 2.75) is 54.8 Å². The molecule has 0 bridgehead atoms. The largest absolute Gasteiger partial charge is 0.394 e. The Morgan fingerprint density at radius 1 is 0.783 bits per heavy atom. The van der Waals surface area contributed by atoms with Crippen LogP contribution in [0.5, 0.6) is 0 Å². The minimum absolute atomic E-state index is 0.669. The number of rotatable bonds is 5. The summed E-state index contributed by atoms with van der Waals surface area (Å²) in [6, 6.07) is 0. The van der Waals surface area contributed by atoms with Gasteiger partial charge in [-0.25, -0.2) is 0 Å². The Morgan fingerprint density at radius 2 is 1.39 bits per heavy atom. The van der Waals surface area contributed by atoms with Crippen LogP contribution in [0.1, 0.15) is 0 Å². The van der Waals surface area contributed by atoms with Crippen molar-refractivity contribution in [2.24, 2.45) is 0 Å². The fourth-order valence-electron chi connectivity index (χ4n) is 2.63. The predicted octanol–water partition coefficient (Wildman–Crippen LogP) is -5.40. The Morgan fingerprint density at radius 3 is 1.87 bits per heavy atom. The van der Waals surface area contributed by atoms with E-state index in [1.165, 1.54) is 0 Å². The molecule has 136 valence electrons. The first-order valence-corrected chi connectivity index (χ1v) is 7.05. The Labute approximate surface area is 130 Å². The highest BCUT2D eigenvalue weighted by Gasteiger charge is 2.58. The Kier molecular flexibility index (Phi) is 5.92. The highest BCUT2D eigenvalue weighted by molar-refractivity contribution is 4.98. The topological polar surface area (TPSA) is 190 Å². The van der Waals surface area contributed by atoms with Crippen LogP contribution in [-0.4, -0.2) is 115 Å². The van der Waals surface area contributed by atoms with E-state index < -0.39 is 74.6 Å². The van der Waals surface area contributed by atoms with Crippen molar-refractivity contribution in [1.29, 1.82) is 0 Å². The SMILES string of the molecule is OC[C@H]1OC(OC2(CO)O[C@H](CO)[C@@H](O)[C@@H]2O)[C@H](O)[C@@H](O)[C@H]1O. The van der Waals surface area contributed by atoms with Crippen molar-refractivity contribution in [3.8, 4) is 0 Å². The molecule has 23 heavy (non-hydrogen) atoms. The number of ether oxygens (including phenoxy) is 3. The van der Waals surface area contributed by atoms with Crippen molar-refractivity contribution in [1.82, 2.24) is 0 Å². The van der Waals surface area contributed by atoms with E-state index in [1.54, 1.807) is 0 Å². The molecule has 9 atom stereocenters. The van der Waals surface area contributed by atoms with E-state index >= 15 is 0 Å². The summed E-state index contributed by atoms with van der Waals surface area (Å²) in [6.45, 7) is -2.32. The summed E-state index contributed by atoms with van der Waals surface area (Å²) in [4.78, 5) is 0. The molecule has 2 fully saturated rings. The number of aliphatic hydroxyl groups is 8. The molecule has 0 spiro atoms. The van der Waals surface area contributed by atoms with E-state index in [4.69, 9.17) is 24.4 Å². The number of hydrogen-bond acceptors (Lipinski definition) is 11. The molecule has 2 rings (SSSR count). The standard InChI is InChI=1S/C12H22O11/c13-1-4-6(16)8(18)9(19)11(21-4)23-12(3-15)10(20)7(17)5(2-14)22-12/h4-11,13-20H,1-3H2/t4-,5-,6+,7-,8+,9-,10+,11?,12?/m1/s1. The lowest BCUT2D eigenvalue weighted by molar-refractivity contribution is -0.383. The Hall–Kier alpha value is -0.440. The molecule has 0 aromatic rings. The predicted molar refractivity (Wildman–Crippen MR) is 68.6 cm³/mol. The van der Waals surface area contributed by atoms with Gasteiger partial charge in [0, 0.05) is 0 Å². The average Bonchev–Trinajstić information content (AvgIpc) is 2.80. The van der Waals surface area contributed by atoms with Gasteiger partial charge in [-0.1, -0.05) is 0 Å². The van der Waals surface area contributed by atoms with Gasteiger partial charge in [0.25, 0.3) is 0 Å². The van der Waals surface area contributed by atoms with Crippen LogP contribution in [-0.2, 0) is 14.2 Å². The maximum atomic E-state index is 10.00. The van der Waals surface area contributed by atoms with Gasteiger partial charge < -0.3 is 55.1 Å². The molecular formula is C12H22O11. The summed E-state index contributed by atoms with van der Waals surface area (Å²) < 4.78 is 15.4. The van der Waals surface area contributed by atoms with E-state index in [9.17, 15) is 30.6 Å². The minimum atomic E-state index is -2.22. The Bertz CT molecular complexity index is 393. The third kappa shape index (κ3) is 3.23. The lowest BCUT2D eigenvalue weighted by atomic mass is 9.99. The number of aliphatic hydroxyl groups excluding tert-OH is 8. The summed E-state index contributed by atoms with van der Waals surface area (Å²) in [6.07, 6.45) is -12.7. The highest BCUT2D eigenvalue weighted by Crippen LogP contribution is 2.35. The molecule has 2 heterocycles. The molecule has 0 aromatic heterocycles. The third-order valence-electron chi connectivity index (χ3n) is 4.07. The summed E-state index contributed by atoms with van der Waals surface area (Å²) in [5.41, 5.74) is 0. The lowest BCUT2D eigenvalue weighted by Crippen LogP contribution is -2.62. The molecule has 11 nitrogen and oxygen atoms in total. The van der Waals surface area contributed by atoms with E-state index in [2.05, 4.69) is 0 Å². The highest BCUT2D eigenvalue weighted by atomic mass is 16.8. The van der Waals surface area contributed by atoms with E-state index in [0.29, 0.717) is 0 Å². The second-order valence-electron chi connectivity index (χ2n) is 5.56. The molecule has 0 aromatic carbocycles. The molecule has 0 aliphatic carbocycles. The van der Waals surface area contributed by atoms with Crippen LogP contribution in [0.4, 0.5) is 0 Å². The average molecular weight is 342 g/mol. The molecular weight excluding hydrogens is 320 g/mol. The van der Waals surface area contributed by atoms with Gasteiger partial charge in [-0.05, 0) is 0 Å². The zero-order valence-electron chi connectivity index (χ0n) is 12.0. The maximum Gasteiger partial charge on any atom is 0.224 e. The fourth-order valence-corrected chi connectivity index (χ4v) is 2.63. The molecule has 8 N–H and O–H groups in total. The summed E-state index contributed by atoms with van der Waals surface area (Å²) >= 11 is 0. The first kappa shape index (κ1) is 18.9. The molecule has 2 aliphatic rings. The third-order valence-corrected chi connectivity index (χ3v) is 4.07. The Balaban J connectivity index is 2.18. The molecule has 2 unspecified atom stereocenters. The van der Waals surface area contributed by atoms with E-state index in [1.807, 2.05) is 0 Å². The van der Waals surface area contributed by atoms with Crippen molar-refractivity contribution in [3.63, 3.8) is 0 Å². The lowest BCUT2D eigenvalue weighted by Gasteiger charge is -2.43. The smallest absolute Gasteiger partial charge is 0.224 e. The normalized spacial score (nSPS) is 51.1. The second kappa shape index (κ2) is 7.21. The van der Waals surface area contributed by atoms with E-state index in [-0.39, 0.29) is 0 Å². The first-order chi connectivity index (χ1) is 10.8. The molecule has 2 aliphatic heterocycles. The van der Waals surface area contributed by atoms with Gasteiger partial charge in [0.1, 0.15) is 49.3 Å². The van der Waals surface area contributed by atoms with Crippen LogP contribution in [0.2, 0.25) is 0 Å². The van der Waals surface area contributed by atoms with Crippen molar-refractivity contribution >= 4 is 0 Å². The quantitative estimate of drug-likeness (QED) is 0.238. The van der Waals surface area contributed by atoms with Gasteiger partial charge in [0.15, 0.2) is 6.29 Å². The summed E-state index contributed by atoms with van der Waals surface area (Å²) in [7, 11) is 0. The van der Waals surface area contributed by atoms with Gasteiger partial charge in [0.2, 0.25) is 5.79 Å². The van der Waals surface area contributed by atoms with Gasteiger partial charge in [-0.2, -0.15) is 0 Å². The van der Waals surface area contributed by atoms with Crippen LogP contribution in [0.25, 0.3) is 0 Å². The molecule has 0 saturated carbocycles. The van der Waals surface area contributed by atoms with E-state index in [0.717, 1.165) is 0 Å². The summed E-state index contributed by atoms with van der Waals surface area (Å²) in [5, 5.41) is 76.7. The first-order valence-electron chi connectivity index (χ1n) is 7.05. The van der Waals surface area contributed by atoms with Crippen molar-refractivity contribution in [2.75, 3.05) is 19.8 Å². The van der Waals surface area contributed by atoms with Crippen molar-refractivity contribution < 1.29 is 55.1 Å². The van der Waals surface area contributed by atoms with Gasteiger partial charge in [-0.15, -0.1) is 0 Å². The molecule has 0 amide bonds. The maximum absolute atomic E-state index is 10.00. The van der Waals surface area contributed by atoms with Crippen molar-refractivity contribution in [3.05, 3.63) is 0 Å². The zero-order valence-corrected chi connectivity index (χ0v) is 12.0. The van der Waals surface area contributed by atoms with Crippen LogP contribution in [0, 0.1) is 0 Å². The van der Waals surface area contributed by atoms with Crippen LogP contribution in [0.3, 0.4) is 0 Å². The molecule has 0 radical (unpaired) electrons. The number of hydrogen-bond donors (Lipinski definition) is 8. The molecule has 2 saturated heterocycles. The zero-order chi connectivity index (χ0) is 17.4. The van der Waals surface area contributed by atoms with Gasteiger partial charge >= 0.3 is 0 Å². The monoisotopic (exact) mass is 342 g/mol. The van der Waals surface area contributed by atoms with Gasteiger partial charge in [0.05, 0.1) is 13.2 Å². The van der Waals surface area contributed by atoms with Gasteiger partial charge in [-0.3, -0.25) is 0 Å². The summed E-state index contributed by atoms with van der Waals surface area (Å²) in [5.74, 6) is -2.22. The fraction of sp³-hybridized carbons (Fsp3) is 1.00. The second-order valence-corrected chi connectivity index (χ2v) is 5.56. The molecule has 11 heteroatoms. The van der Waals surface area contributed by atoms with Crippen LogP contribution >= 0.6 is 0 Å². The minimum Gasteiger partial charge on any atom is -0.394 e. The van der Waals surface area contributed by atoms with Crippen LogP contribution in [0.15, 0.2) is 0 Å². The van der Waals surface area contributed by atoms with Crippen LogP contribution < -0.4 is 0 Å².